The number of ether oxygens (including phenoxy) is 2. The molecule has 4 rings (SSSR count). The Morgan fingerprint density at radius 2 is 1.31 bits per heavy atom. The molecule has 0 atom stereocenters. The van der Waals surface area contributed by atoms with Gasteiger partial charge in [0.15, 0.2) is 11.5 Å². The van der Waals surface area contributed by atoms with Gasteiger partial charge in [-0.05, 0) is 52.0 Å². The highest BCUT2D eigenvalue weighted by atomic mass is 35.5. The Kier molecular flexibility index (Phi) is 14.6. The Morgan fingerprint density at radius 3 is 1.65 bits per heavy atom. The number of aliphatic imine (C=N–C) groups is 1. The van der Waals surface area contributed by atoms with Crippen LogP contribution in [0.15, 0.2) is 41.4 Å². The summed E-state index contributed by atoms with van der Waals surface area (Å²) in [7, 11) is 0. The maximum absolute atomic E-state index is 12.7. The van der Waals surface area contributed by atoms with Gasteiger partial charge >= 0.3 is 18.4 Å². The monoisotopic (exact) mass is 762 g/mol. The zero-order valence-corrected chi connectivity index (χ0v) is 28.1. The standard InChI is InChI=1S/C14H12Cl2F3N3O2.C11H7Cl2F3N2O.C3H5NO/c1-3-20-13(23)22-7(2)4-11(21-22)24-12-9(15)5-8(6-10(12)16)14(17,18)19;1-5-2-9(18-17-5)19-10-7(12)3-6(4-8(10)13)11(14,15)16;1-2-4-3-5/h4-6H,3H2,1-2H3,(H,20,23);2-4H,1H3,(H,17,18);2H2,1H3. The Balaban J connectivity index is 0.000000298. The van der Waals surface area contributed by atoms with Gasteiger partial charge in [0, 0.05) is 30.9 Å². The number of hydrogen-bond donors (Lipinski definition) is 2. The molecule has 0 saturated carbocycles. The number of aromatic amines is 1. The first-order valence-electron chi connectivity index (χ1n) is 13.2. The van der Waals surface area contributed by atoms with Crippen LogP contribution in [0.5, 0.6) is 23.3 Å². The second-order valence-corrected chi connectivity index (χ2v) is 10.7. The maximum atomic E-state index is 12.7. The molecule has 0 spiro atoms. The maximum Gasteiger partial charge on any atom is 0.416 e. The van der Waals surface area contributed by atoms with E-state index in [1.165, 1.54) is 12.1 Å². The predicted molar refractivity (Wildman–Crippen MR) is 166 cm³/mol. The molecular formula is C28H24Cl4F6N6O4. The summed E-state index contributed by atoms with van der Waals surface area (Å²) in [5.41, 5.74) is -0.730. The number of hydrogen-bond acceptors (Lipinski definition) is 7. The molecule has 2 aromatic heterocycles. The van der Waals surface area contributed by atoms with Gasteiger partial charge in [0.05, 0.1) is 36.9 Å². The summed E-state index contributed by atoms with van der Waals surface area (Å²) >= 11 is 23.2. The number of H-pyrrole nitrogens is 1. The van der Waals surface area contributed by atoms with Gasteiger partial charge in [-0.3, -0.25) is 5.10 Å². The number of benzene rings is 2. The minimum absolute atomic E-state index is 0.0256. The topological polar surface area (TPSA) is 123 Å². The number of rotatable bonds is 6. The average Bonchev–Trinajstić information content (AvgIpc) is 3.57. The van der Waals surface area contributed by atoms with E-state index in [2.05, 4.69) is 25.6 Å². The summed E-state index contributed by atoms with van der Waals surface area (Å²) in [6.45, 7) is 7.84. The second kappa shape index (κ2) is 17.4. The van der Waals surface area contributed by atoms with Gasteiger partial charge in [0.1, 0.15) is 0 Å². The normalized spacial score (nSPS) is 11.0. The molecular weight excluding hydrogens is 740 g/mol. The van der Waals surface area contributed by atoms with Crippen LogP contribution < -0.4 is 14.8 Å². The van der Waals surface area contributed by atoms with Crippen molar-refractivity contribution < 1.29 is 45.4 Å². The van der Waals surface area contributed by atoms with Crippen LogP contribution in [-0.2, 0) is 17.1 Å². The van der Waals surface area contributed by atoms with Gasteiger partial charge in [0.25, 0.3) is 0 Å². The van der Waals surface area contributed by atoms with Gasteiger partial charge in [-0.2, -0.15) is 31.0 Å². The van der Waals surface area contributed by atoms with E-state index in [0.717, 1.165) is 22.5 Å². The van der Waals surface area contributed by atoms with E-state index in [0.29, 0.717) is 30.9 Å². The number of aryl methyl sites for hydroxylation is 2. The van der Waals surface area contributed by atoms with Gasteiger partial charge in [-0.1, -0.05) is 46.4 Å². The van der Waals surface area contributed by atoms with Crippen molar-refractivity contribution in [1.82, 2.24) is 25.3 Å². The Labute approximate surface area is 288 Å². The summed E-state index contributed by atoms with van der Waals surface area (Å²) in [6, 6.07) is 5.44. The van der Waals surface area contributed by atoms with E-state index in [9.17, 15) is 31.1 Å². The number of halogens is 10. The van der Waals surface area contributed by atoms with Gasteiger partial charge in [-0.15, -0.1) is 10.2 Å². The van der Waals surface area contributed by atoms with Crippen LogP contribution >= 0.6 is 46.4 Å². The van der Waals surface area contributed by atoms with Crippen LogP contribution in [0, 0.1) is 13.8 Å². The third kappa shape index (κ3) is 11.6. The van der Waals surface area contributed by atoms with Gasteiger partial charge < -0.3 is 14.8 Å². The van der Waals surface area contributed by atoms with E-state index < -0.39 is 29.5 Å². The SMILES string of the molecule is CCN=C=O.CCNC(=O)n1nc(Oc2c(Cl)cc(C(F)(F)F)cc2Cl)cc1C.Cc1cc(Oc2c(Cl)cc(C(F)(F)F)cc2Cl)n[nH]1. The summed E-state index contributed by atoms with van der Waals surface area (Å²) in [6.07, 6.45) is -7.71. The molecule has 0 aliphatic heterocycles. The number of carbonyl (C=O) groups excluding carboxylic acids is 2. The third-order valence-electron chi connectivity index (χ3n) is 5.35. The first kappa shape index (κ1) is 40.2. The molecule has 260 valence electrons. The molecule has 0 bridgehead atoms. The lowest BCUT2D eigenvalue weighted by atomic mass is 10.2. The third-order valence-corrected chi connectivity index (χ3v) is 6.48. The van der Waals surface area contributed by atoms with Crippen molar-refractivity contribution >= 4 is 58.5 Å². The van der Waals surface area contributed by atoms with Crippen molar-refractivity contribution in [2.75, 3.05) is 13.1 Å². The smallest absolute Gasteiger partial charge is 0.416 e. The van der Waals surface area contributed by atoms with Crippen molar-refractivity contribution in [2.24, 2.45) is 4.99 Å². The van der Waals surface area contributed by atoms with Gasteiger partial charge in [0.2, 0.25) is 17.8 Å². The molecule has 20 heteroatoms. The Hall–Kier alpha value is -3.95. The second-order valence-electron chi connectivity index (χ2n) is 9.06. The fraction of sp³-hybridized carbons (Fsp3) is 0.286. The molecule has 2 N–H and O–H groups in total. The van der Waals surface area contributed by atoms with Crippen LogP contribution in [0.3, 0.4) is 0 Å². The van der Waals surface area contributed by atoms with Crippen LogP contribution in [-0.4, -0.2) is 45.2 Å². The minimum atomic E-state index is -4.58. The fourth-order valence-electron chi connectivity index (χ4n) is 3.29. The highest BCUT2D eigenvalue weighted by molar-refractivity contribution is 6.37. The molecule has 0 aliphatic rings. The van der Waals surface area contributed by atoms with Crippen molar-refractivity contribution in [1.29, 1.82) is 0 Å². The number of carbonyl (C=O) groups is 1. The fourth-order valence-corrected chi connectivity index (χ4v) is 4.42. The zero-order chi connectivity index (χ0) is 36.4. The first-order valence-corrected chi connectivity index (χ1v) is 14.7. The molecule has 0 radical (unpaired) electrons. The highest BCUT2D eigenvalue weighted by Gasteiger charge is 2.33. The number of nitrogens with one attached hydrogen (secondary N) is 2. The molecule has 4 aromatic rings. The van der Waals surface area contributed by atoms with E-state index >= 15 is 0 Å². The number of amides is 1. The highest BCUT2D eigenvalue weighted by Crippen LogP contribution is 2.42. The zero-order valence-electron chi connectivity index (χ0n) is 25.1. The molecule has 10 nitrogen and oxygen atoms in total. The van der Waals surface area contributed by atoms with Crippen molar-refractivity contribution in [3.05, 3.63) is 79.0 Å². The average molecular weight is 764 g/mol. The Bertz CT molecular complexity index is 1730. The van der Waals surface area contributed by atoms with Crippen molar-refractivity contribution in [2.45, 2.75) is 40.0 Å². The molecule has 0 unspecified atom stereocenters. The summed E-state index contributed by atoms with van der Waals surface area (Å²) in [5.74, 6) is -0.0990. The van der Waals surface area contributed by atoms with Crippen LogP contribution in [0.25, 0.3) is 0 Å². The lowest BCUT2D eigenvalue weighted by Gasteiger charge is -2.11. The number of aromatic nitrogens is 4. The van der Waals surface area contributed by atoms with Crippen LogP contribution in [0.1, 0.15) is 36.4 Å². The van der Waals surface area contributed by atoms with E-state index in [-0.39, 0.29) is 43.3 Å². The molecule has 0 aliphatic carbocycles. The summed E-state index contributed by atoms with van der Waals surface area (Å²) in [4.78, 5) is 24.1. The van der Waals surface area contributed by atoms with E-state index in [4.69, 9.17) is 60.7 Å². The van der Waals surface area contributed by atoms with E-state index in [1.807, 2.05) is 0 Å². The lowest BCUT2D eigenvalue weighted by molar-refractivity contribution is -0.138. The minimum Gasteiger partial charge on any atom is -0.434 e. The van der Waals surface area contributed by atoms with E-state index in [1.54, 1.807) is 33.8 Å². The van der Waals surface area contributed by atoms with Crippen molar-refractivity contribution in [3.8, 4) is 23.3 Å². The predicted octanol–water partition coefficient (Wildman–Crippen LogP) is 10.1. The quantitative estimate of drug-likeness (QED) is 0.115. The number of alkyl halides is 6. The van der Waals surface area contributed by atoms with Crippen LogP contribution in [0.4, 0.5) is 31.1 Å². The molecule has 2 heterocycles. The molecule has 2 aromatic carbocycles. The summed E-state index contributed by atoms with van der Waals surface area (Å²) in [5, 5.41) is 11.8. The summed E-state index contributed by atoms with van der Waals surface area (Å²) < 4.78 is 87.4. The molecule has 48 heavy (non-hydrogen) atoms. The first-order chi connectivity index (χ1) is 22.3. The van der Waals surface area contributed by atoms with Crippen molar-refractivity contribution in [3.63, 3.8) is 0 Å². The largest absolute Gasteiger partial charge is 0.434 e. The Morgan fingerprint density at radius 1 is 0.854 bits per heavy atom. The molecule has 1 amide bonds. The van der Waals surface area contributed by atoms with Crippen LogP contribution in [0.2, 0.25) is 20.1 Å². The molecule has 0 saturated heterocycles. The lowest BCUT2D eigenvalue weighted by Crippen LogP contribution is -2.29. The number of isocyanates is 1. The van der Waals surface area contributed by atoms with Gasteiger partial charge in [-0.25, -0.2) is 14.6 Å². The number of nitrogens with zero attached hydrogens (tertiary/aromatic N) is 4. The molecule has 0 fully saturated rings.